The molecule has 76 valence electrons. The van der Waals surface area contributed by atoms with Crippen molar-refractivity contribution in [1.29, 1.82) is 0 Å². The van der Waals surface area contributed by atoms with Gasteiger partial charge in [-0.15, -0.1) is 0 Å². The summed E-state index contributed by atoms with van der Waals surface area (Å²) in [6.45, 7) is 0. The zero-order valence-corrected chi connectivity index (χ0v) is 9.76. The van der Waals surface area contributed by atoms with Crippen LogP contribution in [0.2, 0.25) is 0 Å². The van der Waals surface area contributed by atoms with Gasteiger partial charge in [-0.2, -0.15) is 0 Å². The third-order valence-electron chi connectivity index (χ3n) is 1.28. The van der Waals surface area contributed by atoms with E-state index in [9.17, 15) is 4.79 Å². The van der Waals surface area contributed by atoms with E-state index in [-0.39, 0.29) is 17.7 Å². The van der Waals surface area contributed by atoms with Crippen molar-refractivity contribution in [2.75, 3.05) is 18.6 Å². The Morgan fingerprint density at radius 2 is 2.50 bits per heavy atom. The third-order valence-corrected chi connectivity index (χ3v) is 3.09. The predicted molar refractivity (Wildman–Crippen MR) is 56.9 cm³/mol. The topological polar surface area (TPSA) is 78.1 Å². The molecule has 1 aromatic rings. The Morgan fingerprint density at radius 1 is 1.79 bits per heavy atom. The van der Waals surface area contributed by atoms with Gasteiger partial charge in [-0.05, 0) is 15.9 Å². The summed E-state index contributed by atoms with van der Waals surface area (Å²) in [4.78, 5) is 18.6. The molecule has 0 saturated heterocycles. The summed E-state index contributed by atoms with van der Waals surface area (Å²) in [6, 6.07) is 0. The van der Waals surface area contributed by atoms with Crippen molar-refractivity contribution >= 4 is 39.6 Å². The number of carbonyl (C=O) groups excluding carboxylic acids is 1. The van der Waals surface area contributed by atoms with Crippen molar-refractivity contribution < 1.29 is 9.53 Å². The maximum Gasteiger partial charge on any atom is 0.316 e. The number of hydrogen-bond donors (Lipinski definition) is 1. The highest BCUT2D eigenvalue weighted by atomic mass is 79.9. The molecule has 0 spiro atoms. The number of nitrogens with two attached hydrogens (primary N) is 1. The summed E-state index contributed by atoms with van der Waals surface area (Å²) < 4.78 is 5.20. The third kappa shape index (κ3) is 3.15. The zero-order chi connectivity index (χ0) is 10.6. The average Bonchev–Trinajstić information content (AvgIpc) is 2.19. The molecule has 0 bridgehead atoms. The van der Waals surface area contributed by atoms with Gasteiger partial charge in [0.15, 0.2) is 0 Å². The smallest absolute Gasteiger partial charge is 0.316 e. The van der Waals surface area contributed by atoms with Gasteiger partial charge in [0, 0.05) is 6.20 Å². The zero-order valence-electron chi connectivity index (χ0n) is 7.36. The van der Waals surface area contributed by atoms with Crippen LogP contribution in [0, 0.1) is 0 Å². The fraction of sp³-hybridized carbons (Fsp3) is 0.286. The van der Waals surface area contributed by atoms with Crippen molar-refractivity contribution in [3.05, 3.63) is 10.7 Å². The molecule has 1 aromatic heterocycles. The molecule has 0 fully saturated rings. The number of methoxy groups -OCH3 is 1. The van der Waals surface area contributed by atoms with Crippen molar-refractivity contribution in [2.45, 2.75) is 5.03 Å². The van der Waals surface area contributed by atoms with E-state index >= 15 is 0 Å². The number of carbonyl (C=O) groups is 1. The van der Waals surface area contributed by atoms with Gasteiger partial charge in [0.05, 0.1) is 17.3 Å². The van der Waals surface area contributed by atoms with Crippen molar-refractivity contribution in [2.24, 2.45) is 0 Å². The van der Waals surface area contributed by atoms with Crippen LogP contribution >= 0.6 is 27.7 Å². The first kappa shape index (κ1) is 11.3. The summed E-state index contributed by atoms with van der Waals surface area (Å²) in [6.07, 6.45) is 1.54. The molecule has 0 atom stereocenters. The van der Waals surface area contributed by atoms with Gasteiger partial charge < -0.3 is 10.5 Å². The number of ether oxygens (including phenoxy) is 1. The lowest BCUT2D eigenvalue weighted by molar-refractivity contribution is -0.137. The minimum absolute atomic E-state index is 0.181. The normalized spacial score (nSPS) is 9.86. The molecule has 2 N–H and O–H groups in total. The monoisotopic (exact) mass is 277 g/mol. The molecule has 0 amide bonds. The predicted octanol–water partition coefficient (Wildman–Crippen LogP) is 1.09. The van der Waals surface area contributed by atoms with Crippen LogP contribution in [0.25, 0.3) is 0 Å². The molecule has 0 aliphatic rings. The molecule has 7 heteroatoms. The number of aromatic nitrogens is 2. The Morgan fingerprint density at radius 3 is 3.14 bits per heavy atom. The van der Waals surface area contributed by atoms with E-state index in [0.717, 1.165) is 0 Å². The van der Waals surface area contributed by atoms with Crippen LogP contribution in [-0.2, 0) is 9.53 Å². The average molecular weight is 278 g/mol. The largest absolute Gasteiger partial charge is 0.468 e. The fourth-order valence-corrected chi connectivity index (χ4v) is 1.91. The highest BCUT2D eigenvalue weighted by Crippen LogP contribution is 2.24. The Labute approximate surface area is 93.6 Å². The molecule has 0 radical (unpaired) electrons. The van der Waals surface area contributed by atoms with Crippen LogP contribution in [0.15, 0.2) is 15.7 Å². The number of nitrogens with zero attached hydrogens (tertiary/aromatic N) is 2. The molecular weight excluding hydrogens is 270 g/mol. The lowest BCUT2D eigenvalue weighted by Gasteiger charge is -2.02. The van der Waals surface area contributed by atoms with Crippen LogP contribution in [0.3, 0.4) is 0 Å². The summed E-state index contributed by atoms with van der Waals surface area (Å²) >= 11 is 4.49. The van der Waals surface area contributed by atoms with Crippen LogP contribution in [0.4, 0.5) is 5.95 Å². The molecule has 0 saturated carbocycles. The van der Waals surface area contributed by atoms with E-state index in [0.29, 0.717) is 9.50 Å². The van der Waals surface area contributed by atoms with Gasteiger partial charge in [-0.25, -0.2) is 9.97 Å². The molecule has 0 aliphatic heterocycles. The van der Waals surface area contributed by atoms with Crippen LogP contribution < -0.4 is 5.73 Å². The molecular formula is C7H8BrN3O2S. The Kier molecular flexibility index (Phi) is 4.15. The van der Waals surface area contributed by atoms with Crippen molar-refractivity contribution in [1.82, 2.24) is 9.97 Å². The second kappa shape index (κ2) is 5.16. The van der Waals surface area contributed by atoms with Gasteiger partial charge in [-0.1, -0.05) is 11.8 Å². The van der Waals surface area contributed by atoms with E-state index in [1.54, 1.807) is 6.20 Å². The first-order chi connectivity index (χ1) is 6.63. The number of hydrogen-bond acceptors (Lipinski definition) is 6. The van der Waals surface area contributed by atoms with Gasteiger partial charge in [0.1, 0.15) is 5.03 Å². The molecule has 14 heavy (non-hydrogen) atoms. The lowest BCUT2D eigenvalue weighted by atomic mass is 10.7. The van der Waals surface area contributed by atoms with Gasteiger partial charge in [0.25, 0.3) is 0 Å². The number of nitrogen functional groups attached to an aromatic ring is 1. The van der Waals surface area contributed by atoms with E-state index in [1.807, 2.05) is 0 Å². The number of esters is 1. The quantitative estimate of drug-likeness (QED) is 0.506. The minimum atomic E-state index is -0.306. The summed E-state index contributed by atoms with van der Waals surface area (Å²) in [5.41, 5.74) is 5.39. The SMILES string of the molecule is COC(=O)CSc1nc(N)ncc1Br. The molecule has 1 rings (SSSR count). The maximum atomic E-state index is 10.8. The van der Waals surface area contributed by atoms with Gasteiger partial charge in [-0.3, -0.25) is 4.79 Å². The standard InChI is InChI=1S/C7H8BrN3O2S/c1-13-5(12)3-14-6-4(8)2-10-7(9)11-6/h2H,3H2,1H3,(H2,9,10,11). The number of rotatable bonds is 3. The first-order valence-corrected chi connectivity index (χ1v) is 5.39. The Balaban J connectivity index is 2.66. The Hall–Kier alpha value is -0.820. The molecule has 0 aromatic carbocycles. The van der Waals surface area contributed by atoms with Gasteiger partial charge in [0.2, 0.25) is 5.95 Å². The van der Waals surface area contributed by atoms with E-state index in [2.05, 4.69) is 30.6 Å². The van der Waals surface area contributed by atoms with Crippen molar-refractivity contribution in [3.8, 4) is 0 Å². The molecule has 5 nitrogen and oxygen atoms in total. The van der Waals surface area contributed by atoms with Gasteiger partial charge >= 0.3 is 5.97 Å². The Bertz CT molecular complexity index is 348. The number of halogens is 1. The van der Waals surface area contributed by atoms with Crippen LogP contribution in [-0.4, -0.2) is 28.8 Å². The van der Waals surface area contributed by atoms with E-state index in [4.69, 9.17) is 5.73 Å². The first-order valence-electron chi connectivity index (χ1n) is 3.61. The highest BCUT2D eigenvalue weighted by Gasteiger charge is 2.07. The van der Waals surface area contributed by atoms with Crippen molar-refractivity contribution in [3.63, 3.8) is 0 Å². The second-order valence-corrected chi connectivity index (χ2v) is 4.06. The van der Waals surface area contributed by atoms with E-state index in [1.165, 1.54) is 18.9 Å². The molecule has 0 aliphatic carbocycles. The van der Waals surface area contributed by atoms with E-state index < -0.39 is 0 Å². The molecule has 0 unspecified atom stereocenters. The second-order valence-electron chi connectivity index (χ2n) is 2.25. The molecule has 1 heterocycles. The van der Waals surface area contributed by atoms with Crippen LogP contribution in [0.5, 0.6) is 0 Å². The maximum absolute atomic E-state index is 10.8. The number of thioether (sulfide) groups is 1. The fourth-order valence-electron chi connectivity index (χ4n) is 0.652. The summed E-state index contributed by atoms with van der Waals surface area (Å²) in [5.74, 6) is 0.0746. The number of anilines is 1. The summed E-state index contributed by atoms with van der Waals surface area (Å²) in [5, 5.41) is 0.628. The lowest BCUT2D eigenvalue weighted by Crippen LogP contribution is -2.04. The van der Waals surface area contributed by atoms with Crippen LogP contribution in [0.1, 0.15) is 0 Å². The highest BCUT2D eigenvalue weighted by molar-refractivity contribution is 9.10. The summed E-state index contributed by atoms with van der Waals surface area (Å²) in [7, 11) is 1.34. The minimum Gasteiger partial charge on any atom is -0.468 e.